The Morgan fingerprint density at radius 3 is 2.38 bits per heavy atom. The third-order valence-electron chi connectivity index (χ3n) is 2.35. The Morgan fingerprint density at radius 2 is 2.00 bits per heavy atom. The van der Waals surface area contributed by atoms with Gasteiger partial charge in [0, 0.05) is 25.6 Å². The van der Waals surface area contributed by atoms with Gasteiger partial charge < -0.3 is 10.2 Å². The summed E-state index contributed by atoms with van der Waals surface area (Å²) in [6.45, 7) is 2.34. The fourth-order valence-electron chi connectivity index (χ4n) is 1.30. The first-order chi connectivity index (χ1) is 5.99. The van der Waals surface area contributed by atoms with Crippen LogP contribution in [0.4, 0.5) is 13.2 Å². The van der Waals surface area contributed by atoms with Gasteiger partial charge in [0.1, 0.15) is 0 Å². The Hall–Kier alpha value is -0.290. The SMILES string of the molecule is CN(CCCC(F)(F)F)C1CNC1. The fourth-order valence-corrected chi connectivity index (χ4v) is 1.30. The van der Waals surface area contributed by atoms with Crippen LogP contribution in [0.1, 0.15) is 12.8 Å². The lowest BCUT2D eigenvalue weighted by atomic mass is 10.1. The van der Waals surface area contributed by atoms with E-state index in [9.17, 15) is 13.2 Å². The molecule has 0 amide bonds. The number of rotatable bonds is 4. The zero-order valence-electron chi connectivity index (χ0n) is 7.69. The number of nitrogens with one attached hydrogen (secondary N) is 1. The van der Waals surface area contributed by atoms with E-state index in [2.05, 4.69) is 5.32 Å². The molecule has 1 fully saturated rings. The minimum absolute atomic E-state index is 0.205. The highest BCUT2D eigenvalue weighted by Gasteiger charge is 2.27. The second-order valence-electron chi connectivity index (χ2n) is 3.51. The van der Waals surface area contributed by atoms with Crippen molar-refractivity contribution in [3.8, 4) is 0 Å². The van der Waals surface area contributed by atoms with Crippen LogP contribution in [0.2, 0.25) is 0 Å². The maximum Gasteiger partial charge on any atom is 0.389 e. The van der Waals surface area contributed by atoms with Crippen LogP contribution in [0.15, 0.2) is 0 Å². The predicted octanol–water partition coefficient (Wildman–Crippen LogP) is 1.23. The van der Waals surface area contributed by atoms with Crippen molar-refractivity contribution in [2.24, 2.45) is 0 Å². The number of hydrogen-bond donors (Lipinski definition) is 1. The molecule has 13 heavy (non-hydrogen) atoms. The Bertz CT molecular complexity index is 154. The van der Waals surface area contributed by atoms with E-state index >= 15 is 0 Å². The van der Waals surface area contributed by atoms with E-state index in [1.807, 2.05) is 11.9 Å². The molecule has 0 unspecified atom stereocenters. The van der Waals surface area contributed by atoms with Crippen molar-refractivity contribution in [1.29, 1.82) is 0 Å². The highest BCUT2D eigenvalue weighted by Crippen LogP contribution is 2.21. The Morgan fingerprint density at radius 1 is 1.38 bits per heavy atom. The molecular formula is C8H15F3N2. The number of alkyl halides is 3. The zero-order valence-corrected chi connectivity index (χ0v) is 7.69. The lowest BCUT2D eigenvalue weighted by Crippen LogP contribution is -2.56. The molecule has 0 aliphatic carbocycles. The maximum absolute atomic E-state index is 11.8. The van der Waals surface area contributed by atoms with Gasteiger partial charge in [0.15, 0.2) is 0 Å². The fraction of sp³-hybridized carbons (Fsp3) is 1.00. The molecular weight excluding hydrogens is 181 g/mol. The van der Waals surface area contributed by atoms with Gasteiger partial charge in [0.05, 0.1) is 0 Å². The molecule has 1 N–H and O–H groups in total. The Kier molecular flexibility index (Phi) is 3.55. The van der Waals surface area contributed by atoms with Crippen molar-refractivity contribution >= 4 is 0 Å². The van der Waals surface area contributed by atoms with E-state index in [1.165, 1.54) is 0 Å². The van der Waals surface area contributed by atoms with Crippen molar-refractivity contribution in [1.82, 2.24) is 10.2 Å². The van der Waals surface area contributed by atoms with Gasteiger partial charge >= 0.3 is 6.18 Å². The second-order valence-corrected chi connectivity index (χ2v) is 3.51. The van der Waals surface area contributed by atoms with Crippen molar-refractivity contribution < 1.29 is 13.2 Å². The predicted molar refractivity (Wildman–Crippen MR) is 44.6 cm³/mol. The summed E-state index contributed by atoms with van der Waals surface area (Å²) >= 11 is 0. The van der Waals surface area contributed by atoms with E-state index in [0.717, 1.165) is 13.1 Å². The summed E-state index contributed by atoms with van der Waals surface area (Å²) < 4.78 is 35.3. The van der Waals surface area contributed by atoms with E-state index in [4.69, 9.17) is 0 Å². The molecule has 1 rings (SSSR count). The van der Waals surface area contributed by atoms with Crippen molar-refractivity contribution in [3.63, 3.8) is 0 Å². The lowest BCUT2D eigenvalue weighted by molar-refractivity contribution is -0.136. The summed E-state index contributed by atoms with van der Waals surface area (Å²) in [5.41, 5.74) is 0. The Labute approximate surface area is 76.1 Å². The molecule has 0 spiro atoms. The molecule has 1 aliphatic heterocycles. The van der Waals surface area contributed by atoms with Crippen LogP contribution in [0.3, 0.4) is 0 Å². The highest BCUT2D eigenvalue weighted by atomic mass is 19.4. The summed E-state index contributed by atoms with van der Waals surface area (Å²) in [5.74, 6) is 0. The first-order valence-electron chi connectivity index (χ1n) is 4.47. The molecule has 0 radical (unpaired) electrons. The van der Waals surface area contributed by atoms with Crippen LogP contribution in [0.5, 0.6) is 0 Å². The largest absolute Gasteiger partial charge is 0.389 e. The summed E-state index contributed by atoms with van der Waals surface area (Å²) in [5, 5.41) is 3.08. The second kappa shape index (κ2) is 4.28. The summed E-state index contributed by atoms with van der Waals surface area (Å²) in [6.07, 6.45) is -4.47. The molecule has 1 heterocycles. The van der Waals surface area contributed by atoms with Crippen molar-refractivity contribution in [2.45, 2.75) is 25.1 Å². The normalized spacial score (nSPS) is 19.2. The molecule has 1 aliphatic rings. The topological polar surface area (TPSA) is 15.3 Å². The highest BCUT2D eigenvalue weighted by molar-refractivity contribution is 4.82. The van der Waals surface area contributed by atoms with E-state index < -0.39 is 12.6 Å². The molecule has 0 aromatic rings. The van der Waals surface area contributed by atoms with Crippen LogP contribution >= 0.6 is 0 Å². The molecule has 2 nitrogen and oxygen atoms in total. The van der Waals surface area contributed by atoms with Gasteiger partial charge in [-0.15, -0.1) is 0 Å². The summed E-state index contributed by atoms with van der Waals surface area (Å²) in [6, 6.07) is 0.438. The number of likely N-dealkylation sites (N-methyl/N-ethyl adjacent to an activating group) is 1. The molecule has 0 aromatic carbocycles. The quantitative estimate of drug-likeness (QED) is 0.727. The van der Waals surface area contributed by atoms with E-state index in [1.54, 1.807) is 0 Å². The van der Waals surface area contributed by atoms with Gasteiger partial charge in [0.2, 0.25) is 0 Å². The van der Waals surface area contributed by atoms with Gasteiger partial charge in [0.25, 0.3) is 0 Å². The van der Waals surface area contributed by atoms with E-state index in [-0.39, 0.29) is 6.42 Å². The van der Waals surface area contributed by atoms with Crippen molar-refractivity contribution in [3.05, 3.63) is 0 Å². The van der Waals surface area contributed by atoms with Crippen molar-refractivity contribution in [2.75, 3.05) is 26.7 Å². The van der Waals surface area contributed by atoms with Crippen LogP contribution in [0, 0.1) is 0 Å². The first kappa shape index (κ1) is 10.8. The summed E-state index contributed by atoms with van der Waals surface area (Å²) in [4.78, 5) is 1.99. The van der Waals surface area contributed by atoms with Gasteiger partial charge in [-0.2, -0.15) is 13.2 Å². The molecule has 1 saturated heterocycles. The Balaban J connectivity index is 2.04. The van der Waals surface area contributed by atoms with Crippen LogP contribution in [-0.4, -0.2) is 43.8 Å². The maximum atomic E-state index is 11.8. The minimum Gasteiger partial charge on any atom is -0.314 e. The van der Waals surface area contributed by atoms with Crippen LogP contribution in [-0.2, 0) is 0 Å². The van der Waals surface area contributed by atoms with Gasteiger partial charge in [-0.25, -0.2) is 0 Å². The van der Waals surface area contributed by atoms with Gasteiger partial charge in [-0.05, 0) is 20.0 Å². The number of nitrogens with zero attached hydrogens (tertiary/aromatic N) is 1. The molecule has 0 saturated carbocycles. The summed E-state index contributed by atoms with van der Waals surface area (Å²) in [7, 11) is 1.88. The monoisotopic (exact) mass is 196 g/mol. The number of halogens is 3. The average Bonchev–Trinajstić information content (AvgIpc) is 1.79. The molecule has 0 atom stereocenters. The van der Waals surface area contributed by atoms with Crippen LogP contribution in [0.25, 0.3) is 0 Å². The number of hydrogen-bond acceptors (Lipinski definition) is 2. The van der Waals surface area contributed by atoms with Gasteiger partial charge in [-0.1, -0.05) is 0 Å². The molecule has 0 bridgehead atoms. The van der Waals surface area contributed by atoms with E-state index in [0.29, 0.717) is 12.6 Å². The minimum atomic E-state index is -4.00. The lowest BCUT2D eigenvalue weighted by Gasteiger charge is -2.35. The van der Waals surface area contributed by atoms with Gasteiger partial charge in [-0.3, -0.25) is 0 Å². The first-order valence-corrected chi connectivity index (χ1v) is 4.47. The standard InChI is InChI=1S/C8H15F3N2/c1-13(7-5-12-6-7)4-2-3-8(9,10)11/h7,12H,2-6H2,1H3. The molecule has 78 valence electrons. The van der Waals surface area contributed by atoms with Crippen LogP contribution < -0.4 is 5.32 Å². The zero-order chi connectivity index (χ0) is 9.90. The molecule has 5 heteroatoms. The third-order valence-corrected chi connectivity index (χ3v) is 2.35. The average molecular weight is 196 g/mol. The third kappa shape index (κ3) is 3.95. The molecule has 0 aromatic heterocycles. The smallest absolute Gasteiger partial charge is 0.314 e.